The SMILES string of the molecule is COc1ccc2c(c1Cc1c(C)c(=O)[nH]c(=O)n1COCCO)CCCC2. The lowest BCUT2D eigenvalue weighted by Gasteiger charge is -2.23. The fourth-order valence-corrected chi connectivity index (χ4v) is 3.73. The Morgan fingerprint density at radius 1 is 1.22 bits per heavy atom. The zero-order valence-corrected chi connectivity index (χ0v) is 15.8. The summed E-state index contributed by atoms with van der Waals surface area (Å²) in [5, 5.41) is 8.93. The molecule has 1 heterocycles. The third-order valence-corrected chi connectivity index (χ3v) is 5.19. The summed E-state index contributed by atoms with van der Waals surface area (Å²) < 4.78 is 12.4. The molecule has 0 amide bonds. The summed E-state index contributed by atoms with van der Waals surface area (Å²) in [6.07, 6.45) is 4.71. The van der Waals surface area contributed by atoms with E-state index < -0.39 is 11.2 Å². The Bertz CT molecular complexity index is 929. The van der Waals surface area contributed by atoms with Crippen LogP contribution >= 0.6 is 0 Å². The lowest BCUT2D eigenvalue weighted by Crippen LogP contribution is -2.35. The van der Waals surface area contributed by atoms with Gasteiger partial charge in [0.05, 0.1) is 20.3 Å². The molecule has 27 heavy (non-hydrogen) atoms. The minimum Gasteiger partial charge on any atom is -0.496 e. The van der Waals surface area contributed by atoms with Crippen LogP contribution in [-0.2, 0) is 30.7 Å². The second-order valence-electron chi connectivity index (χ2n) is 6.79. The predicted octanol–water partition coefficient (Wildman–Crippen LogP) is 1.29. The number of ether oxygens (including phenoxy) is 2. The predicted molar refractivity (Wildman–Crippen MR) is 102 cm³/mol. The first-order valence-electron chi connectivity index (χ1n) is 9.25. The monoisotopic (exact) mass is 374 g/mol. The number of rotatable bonds is 7. The van der Waals surface area contributed by atoms with Crippen molar-refractivity contribution in [3.05, 3.63) is 60.9 Å². The summed E-state index contributed by atoms with van der Waals surface area (Å²) in [6.45, 7) is 1.67. The summed E-state index contributed by atoms with van der Waals surface area (Å²) >= 11 is 0. The molecule has 3 rings (SSSR count). The van der Waals surface area contributed by atoms with E-state index in [-0.39, 0.29) is 19.9 Å². The van der Waals surface area contributed by atoms with Gasteiger partial charge in [-0.3, -0.25) is 14.3 Å². The number of hydrogen-bond donors (Lipinski definition) is 2. The Kier molecular flexibility index (Phi) is 6.13. The number of aromatic nitrogens is 2. The summed E-state index contributed by atoms with van der Waals surface area (Å²) in [7, 11) is 1.64. The molecule has 1 aliphatic rings. The number of aromatic amines is 1. The van der Waals surface area contributed by atoms with Crippen molar-refractivity contribution in [1.82, 2.24) is 9.55 Å². The van der Waals surface area contributed by atoms with Gasteiger partial charge in [-0.15, -0.1) is 0 Å². The molecule has 2 N–H and O–H groups in total. The van der Waals surface area contributed by atoms with E-state index in [4.69, 9.17) is 14.6 Å². The number of methoxy groups -OCH3 is 1. The van der Waals surface area contributed by atoms with E-state index >= 15 is 0 Å². The van der Waals surface area contributed by atoms with Crippen molar-refractivity contribution in [2.24, 2.45) is 0 Å². The first-order chi connectivity index (χ1) is 13.1. The van der Waals surface area contributed by atoms with E-state index in [9.17, 15) is 9.59 Å². The number of benzene rings is 1. The highest BCUT2D eigenvalue weighted by Gasteiger charge is 2.20. The zero-order chi connectivity index (χ0) is 19.4. The largest absolute Gasteiger partial charge is 0.496 e. The molecule has 0 fully saturated rings. The average Bonchev–Trinajstić information content (AvgIpc) is 2.68. The second-order valence-corrected chi connectivity index (χ2v) is 6.79. The maximum Gasteiger partial charge on any atom is 0.330 e. The van der Waals surface area contributed by atoms with Crippen molar-refractivity contribution in [2.75, 3.05) is 20.3 Å². The minimum atomic E-state index is -0.512. The first-order valence-corrected chi connectivity index (χ1v) is 9.25. The van der Waals surface area contributed by atoms with Gasteiger partial charge in [-0.1, -0.05) is 6.07 Å². The van der Waals surface area contributed by atoms with Crippen molar-refractivity contribution in [3.63, 3.8) is 0 Å². The van der Waals surface area contributed by atoms with Crippen molar-refractivity contribution in [1.29, 1.82) is 0 Å². The summed E-state index contributed by atoms with van der Waals surface area (Å²) in [6, 6.07) is 4.08. The highest BCUT2D eigenvalue weighted by Crippen LogP contribution is 2.32. The molecule has 1 aromatic carbocycles. The number of fused-ring (bicyclic) bond motifs is 1. The normalized spacial score (nSPS) is 13.4. The smallest absolute Gasteiger partial charge is 0.330 e. The molecular formula is C20H26N2O5. The molecule has 7 nitrogen and oxygen atoms in total. The fourth-order valence-electron chi connectivity index (χ4n) is 3.73. The molecule has 146 valence electrons. The summed E-state index contributed by atoms with van der Waals surface area (Å²) in [5.41, 5.74) is 3.79. The molecule has 0 atom stereocenters. The lowest BCUT2D eigenvalue weighted by molar-refractivity contribution is 0.0442. The average molecular weight is 374 g/mol. The van der Waals surface area contributed by atoms with Gasteiger partial charge < -0.3 is 14.6 Å². The number of nitrogens with zero attached hydrogens (tertiary/aromatic N) is 1. The number of nitrogens with one attached hydrogen (secondary N) is 1. The van der Waals surface area contributed by atoms with Gasteiger partial charge in [0, 0.05) is 23.2 Å². The molecule has 1 aromatic heterocycles. The van der Waals surface area contributed by atoms with Gasteiger partial charge in [0.25, 0.3) is 5.56 Å². The number of aliphatic hydroxyl groups is 1. The highest BCUT2D eigenvalue weighted by molar-refractivity contribution is 5.48. The Morgan fingerprint density at radius 2 is 2.00 bits per heavy atom. The van der Waals surface area contributed by atoms with E-state index in [0.717, 1.165) is 30.6 Å². The van der Waals surface area contributed by atoms with Crippen LogP contribution in [-0.4, -0.2) is 35.0 Å². The van der Waals surface area contributed by atoms with Crippen molar-refractivity contribution in [3.8, 4) is 5.75 Å². The first kappa shape index (κ1) is 19.4. The van der Waals surface area contributed by atoms with Crippen molar-refractivity contribution >= 4 is 0 Å². The highest BCUT2D eigenvalue weighted by atomic mass is 16.5. The van der Waals surface area contributed by atoms with Gasteiger partial charge in [-0.05, 0) is 49.8 Å². The van der Waals surface area contributed by atoms with Crippen LogP contribution in [0.5, 0.6) is 5.75 Å². The molecule has 1 aliphatic carbocycles. The number of aryl methyl sites for hydroxylation is 1. The molecule has 0 saturated carbocycles. The number of hydrogen-bond acceptors (Lipinski definition) is 5. The minimum absolute atomic E-state index is 0.0241. The standard InChI is InChI=1S/C20H26N2O5/c1-13-17(22(12-27-10-9-23)20(25)21-19(13)24)11-16-15-6-4-3-5-14(15)7-8-18(16)26-2/h7-8,23H,3-6,9-12H2,1-2H3,(H,21,24,25). The third kappa shape index (κ3) is 3.99. The van der Waals surface area contributed by atoms with E-state index in [0.29, 0.717) is 17.7 Å². The quantitative estimate of drug-likeness (QED) is 0.713. The maximum atomic E-state index is 12.4. The topological polar surface area (TPSA) is 93.6 Å². The molecule has 0 saturated heterocycles. The van der Waals surface area contributed by atoms with Crippen LogP contribution in [0.4, 0.5) is 0 Å². The summed E-state index contributed by atoms with van der Waals surface area (Å²) in [5.74, 6) is 0.769. The fraction of sp³-hybridized carbons (Fsp3) is 0.500. The van der Waals surface area contributed by atoms with Crippen LogP contribution in [0, 0.1) is 6.92 Å². The third-order valence-electron chi connectivity index (χ3n) is 5.19. The molecule has 0 radical (unpaired) electrons. The molecule has 0 aliphatic heterocycles. The number of H-pyrrole nitrogens is 1. The molecule has 0 spiro atoms. The van der Waals surface area contributed by atoms with Crippen LogP contribution in [0.15, 0.2) is 21.7 Å². The van der Waals surface area contributed by atoms with Crippen LogP contribution < -0.4 is 16.0 Å². The van der Waals surface area contributed by atoms with Crippen molar-refractivity contribution in [2.45, 2.75) is 45.8 Å². The van der Waals surface area contributed by atoms with E-state index in [1.807, 2.05) is 6.07 Å². The Balaban J connectivity index is 2.10. The molecule has 0 bridgehead atoms. The Labute approximate surface area is 157 Å². The maximum absolute atomic E-state index is 12.4. The van der Waals surface area contributed by atoms with Gasteiger partial charge >= 0.3 is 5.69 Å². The van der Waals surface area contributed by atoms with Gasteiger partial charge in [-0.25, -0.2) is 4.79 Å². The zero-order valence-electron chi connectivity index (χ0n) is 15.8. The molecular weight excluding hydrogens is 348 g/mol. The van der Waals surface area contributed by atoms with Gasteiger partial charge in [0.2, 0.25) is 0 Å². The molecule has 2 aromatic rings. The van der Waals surface area contributed by atoms with Crippen LogP contribution in [0.25, 0.3) is 0 Å². The van der Waals surface area contributed by atoms with E-state index in [1.54, 1.807) is 14.0 Å². The summed E-state index contributed by atoms with van der Waals surface area (Å²) in [4.78, 5) is 26.9. The van der Waals surface area contributed by atoms with Crippen LogP contribution in [0.3, 0.4) is 0 Å². The number of aliphatic hydroxyl groups excluding tert-OH is 1. The van der Waals surface area contributed by atoms with Crippen LogP contribution in [0.2, 0.25) is 0 Å². The Morgan fingerprint density at radius 3 is 2.74 bits per heavy atom. The van der Waals surface area contributed by atoms with Gasteiger partial charge in [0.15, 0.2) is 0 Å². The van der Waals surface area contributed by atoms with Gasteiger partial charge in [-0.2, -0.15) is 0 Å². The van der Waals surface area contributed by atoms with Crippen LogP contribution in [0.1, 0.15) is 40.8 Å². The lowest BCUT2D eigenvalue weighted by atomic mass is 9.86. The van der Waals surface area contributed by atoms with Crippen molar-refractivity contribution < 1.29 is 14.6 Å². The van der Waals surface area contributed by atoms with Gasteiger partial charge in [0.1, 0.15) is 12.5 Å². The molecule has 7 heteroatoms. The van der Waals surface area contributed by atoms with E-state index in [2.05, 4.69) is 11.1 Å². The van der Waals surface area contributed by atoms with E-state index in [1.165, 1.54) is 22.1 Å². The molecule has 0 unspecified atom stereocenters. The second kappa shape index (κ2) is 8.54. The Hall–Kier alpha value is -2.38.